The van der Waals surface area contributed by atoms with E-state index in [0.717, 1.165) is 5.56 Å². The van der Waals surface area contributed by atoms with Gasteiger partial charge in [-0.25, -0.2) is 4.79 Å². The van der Waals surface area contributed by atoms with E-state index in [1.165, 1.54) is 7.11 Å². The van der Waals surface area contributed by atoms with Crippen LogP contribution in [0.1, 0.15) is 32.4 Å². The van der Waals surface area contributed by atoms with Crippen LogP contribution in [0, 0.1) is 0 Å². The second-order valence-corrected chi connectivity index (χ2v) is 5.54. The van der Waals surface area contributed by atoms with Gasteiger partial charge in [-0.2, -0.15) is 0 Å². The highest BCUT2D eigenvalue weighted by atomic mass is 32.1. The third-order valence-corrected chi connectivity index (χ3v) is 3.80. The Morgan fingerprint density at radius 3 is 2.50 bits per heavy atom. The summed E-state index contributed by atoms with van der Waals surface area (Å²) in [5.41, 5.74) is 1.99. The minimum Gasteiger partial charge on any atom is -0.490 e. The van der Waals surface area contributed by atoms with Crippen LogP contribution >= 0.6 is 12.2 Å². The molecule has 0 radical (unpaired) electrons. The van der Waals surface area contributed by atoms with Gasteiger partial charge in [-0.15, -0.1) is 0 Å². The molecule has 6 nitrogen and oxygen atoms in total. The molecule has 0 saturated carbocycles. The first-order valence-corrected chi connectivity index (χ1v) is 8.18. The Morgan fingerprint density at radius 1 is 1.21 bits per heavy atom. The smallest absolute Gasteiger partial charge is 0.337 e. The van der Waals surface area contributed by atoms with Crippen molar-refractivity contribution in [3.8, 4) is 11.5 Å². The summed E-state index contributed by atoms with van der Waals surface area (Å²) in [6.45, 7) is 6.67. The van der Waals surface area contributed by atoms with Gasteiger partial charge in [0.1, 0.15) is 0 Å². The molecule has 1 aromatic rings. The molecule has 0 bridgehead atoms. The average molecular weight is 350 g/mol. The molecule has 0 fully saturated rings. The van der Waals surface area contributed by atoms with Crippen LogP contribution in [0.4, 0.5) is 0 Å². The van der Waals surface area contributed by atoms with Crippen LogP contribution < -0.4 is 20.1 Å². The first-order chi connectivity index (χ1) is 11.5. The number of benzene rings is 1. The Balaban J connectivity index is 2.47. The number of carbonyl (C=O) groups is 1. The van der Waals surface area contributed by atoms with Gasteiger partial charge in [0.15, 0.2) is 16.6 Å². The second-order valence-electron chi connectivity index (χ2n) is 5.13. The molecule has 1 atom stereocenters. The number of thiocarbonyl (C=S) groups is 1. The summed E-state index contributed by atoms with van der Waals surface area (Å²) in [5, 5.41) is 6.53. The maximum atomic E-state index is 12.2. The number of nitrogens with one attached hydrogen (secondary N) is 2. The molecular formula is C17H22N2O4S. The van der Waals surface area contributed by atoms with E-state index in [1.807, 2.05) is 32.0 Å². The fourth-order valence-corrected chi connectivity index (χ4v) is 2.84. The molecule has 0 unspecified atom stereocenters. The zero-order valence-electron chi connectivity index (χ0n) is 14.3. The quantitative estimate of drug-likeness (QED) is 0.603. The van der Waals surface area contributed by atoms with Gasteiger partial charge in [-0.1, -0.05) is 6.07 Å². The van der Waals surface area contributed by atoms with Crippen molar-refractivity contribution in [1.29, 1.82) is 0 Å². The van der Waals surface area contributed by atoms with Crippen molar-refractivity contribution in [2.24, 2.45) is 0 Å². The summed E-state index contributed by atoms with van der Waals surface area (Å²) < 4.78 is 16.2. The second kappa shape index (κ2) is 8.01. The van der Waals surface area contributed by atoms with Crippen molar-refractivity contribution in [2.75, 3.05) is 20.3 Å². The van der Waals surface area contributed by atoms with Gasteiger partial charge in [0.2, 0.25) is 0 Å². The molecule has 1 aliphatic heterocycles. The summed E-state index contributed by atoms with van der Waals surface area (Å²) >= 11 is 5.22. The average Bonchev–Trinajstić information content (AvgIpc) is 2.55. The molecule has 7 heteroatoms. The first kappa shape index (κ1) is 18.1. The van der Waals surface area contributed by atoms with Crippen LogP contribution in [0.3, 0.4) is 0 Å². The molecule has 0 aromatic heterocycles. The summed E-state index contributed by atoms with van der Waals surface area (Å²) in [7, 11) is 1.36. The maximum Gasteiger partial charge on any atom is 0.337 e. The molecule has 1 aliphatic rings. The number of hydrogen-bond acceptors (Lipinski definition) is 5. The molecule has 2 N–H and O–H groups in total. The number of esters is 1. The van der Waals surface area contributed by atoms with E-state index in [0.29, 0.717) is 41.1 Å². The van der Waals surface area contributed by atoms with Crippen molar-refractivity contribution >= 4 is 23.3 Å². The van der Waals surface area contributed by atoms with E-state index < -0.39 is 12.0 Å². The monoisotopic (exact) mass is 350 g/mol. The lowest BCUT2D eigenvalue weighted by molar-refractivity contribution is -0.136. The van der Waals surface area contributed by atoms with Crippen LogP contribution in [-0.2, 0) is 9.53 Å². The Labute approximate surface area is 147 Å². The predicted octanol–water partition coefficient (Wildman–Crippen LogP) is 2.45. The molecular weight excluding hydrogens is 328 g/mol. The van der Waals surface area contributed by atoms with E-state index in [2.05, 4.69) is 10.6 Å². The zero-order valence-corrected chi connectivity index (χ0v) is 15.1. The van der Waals surface area contributed by atoms with Gasteiger partial charge in [0.05, 0.1) is 31.9 Å². The predicted molar refractivity (Wildman–Crippen MR) is 95.1 cm³/mol. The summed E-state index contributed by atoms with van der Waals surface area (Å²) in [6, 6.07) is 5.16. The van der Waals surface area contributed by atoms with E-state index >= 15 is 0 Å². The fourth-order valence-electron chi connectivity index (χ4n) is 2.57. The largest absolute Gasteiger partial charge is 0.490 e. The molecule has 24 heavy (non-hydrogen) atoms. The Hall–Kier alpha value is -2.28. The Kier molecular flexibility index (Phi) is 6.03. The third-order valence-electron chi connectivity index (χ3n) is 3.58. The number of hydrogen-bond donors (Lipinski definition) is 2. The SMILES string of the molecule is CCOc1ccc([C@@H]2NC(=S)NC(C)=C2C(=O)OC)cc1OCC. The molecule has 2 rings (SSSR count). The standard InChI is InChI=1S/C17H22N2O4S/c1-5-22-12-8-7-11(9-13(12)23-6-2)15-14(16(20)21-4)10(3)18-17(24)19-15/h7-9,15H,5-6H2,1-4H3,(H2,18,19,24)/t15-/m0/s1. The zero-order chi connectivity index (χ0) is 17.7. The molecule has 0 saturated heterocycles. The molecule has 0 spiro atoms. The Morgan fingerprint density at radius 2 is 1.88 bits per heavy atom. The lowest BCUT2D eigenvalue weighted by atomic mass is 9.95. The van der Waals surface area contributed by atoms with E-state index in [9.17, 15) is 4.79 Å². The van der Waals surface area contributed by atoms with Crippen LogP contribution in [0.5, 0.6) is 11.5 Å². The van der Waals surface area contributed by atoms with Crippen LogP contribution in [0.15, 0.2) is 29.5 Å². The highest BCUT2D eigenvalue weighted by Gasteiger charge is 2.31. The van der Waals surface area contributed by atoms with E-state index in [-0.39, 0.29) is 0 Å². The maximum absolute atomic E-state index is 12.2. The van der Waals surface area contributed by atoms with Gasteiger partial charge >= 0.3 is 5.97 Å². The normalized spacial score (nSPS) is 17.0. The molecule has 130 valence electrons. The summed E-state index contributed by atoms with van der Waals surface area (Å²) in [4.78, 5) is 12.2. The van der Waals surface area contributed by atoms with Crippen molar-refractivity contribution in [3.63, 3.8) is 0 Å². The molecule has 0 aliphatic carbocycles. The van der Waals surface area contributed by atoms with Gasteiger partial charge in [-0.05, 0) is 50.7 Å². The van der Waals surface area contributed by atoms with Crippen LogP contribution in [-0.4, -0.2) is 31.4 Å². The van der Waals surface area contributed by atoms with Gasteiger partial charge in [0.25, 0.3) is 0 Å². The lowest BCUT2D eigenvalue weighted by Gasteiger charge is -2.30. The van der Waals surface area contributed by atoms with Crippen LogP contribution in [0.2, 0.25) is 0 Å². The minimum atomic E-state index is -0.416. The topological polar surface area (TPSA) is 68.8 Å². The van der Waals surface area contributed by atoms with Gasteiger partial charge in [0, 0.05) is 5.70 Å². The Bertz CT molecular complexity index is 673. The van der Waals surface area contributed by atoms with Crippen molar-refractivity contribution in [3.05, 3.63) is 35.0 Å². The third kappa shape index (κ3) is 3.79. The molecule has 1 aromatic carbocycles. The van der Waals surface area contributed by atoms with Crippen LogP contribution in [0.25, 0.3) is 0 Å². The summed E-state index contributed by atoms with van der Waals surface area (Å²) in [6.07, 6.45) is 0. The van der Waals surface area contributed by atoms with E-state index in [1.54, 1.807) is 6.92 Å². The highest BCUT2D eigenvalue weighted by molar-refractivity contribution is 7.80. The highest BCUT2D eigenvalue weighted by Crippen LogP contribution is 2.34. The number of carbonyl (C=O) groups excluding carboxylic acids is 1. The van der Waals surface area contributed by atoms with Crippen molar-refractivity contribution < 1.29 is 19.0 Å². The van der Waals surface area contributed by atoms with Gasteiger partial charge in [-0.3, -0.25) is 0 Å². The number of methoxy groups -OCH3 is 1. The lowest BCUT2D eigenvalue weighted by Crippen LogP contribution is -2.45. The van der Waals surface area contributed by atoms with Crippen molar-refractivity contribution in [2.45, 2.75) is 26.8 Å². The van der Waals surface area contributed by atoms with Crippen molar-refractivity contribution in [1.82, 2.24) is 10.6 Å². The summed E-state index contributed by atoms with van der Waals surface area (Å²) in [5.74, 6) is 0.886. The van der Waals surface area contributed by atoms with Gasteiger partial charge < -0.3 is 24.8 Å². The number of rotatable bonds is 6. The number of allylic oxidation sites excluding steroid dienone is 1. The molecule has 0 amide bonds. The van der Waals surface area contributed by atoms with E-state index in [4.69, 9.17) is 26.4 Å². The minimum absolute atomic E-state index is 0.410. The molecule has 1 heterocycles. The fraction of sp³-hybridized carbons (Fsp3) is 0.412. The first-order valence-electron chi connectivity index (χ1n) is 7.77. The number of ether oxygens (including phenoxy) is 3.